The minimum absolute atomic E-state index is 0.0261. The van der Waals surface area contributed by atoms with Crippen molar-refractivity contribution in [3.63, 3.8) is 0 Å². The maximum Gasteiger partial charge on any atom is 0.408 e. The fourth-order valence-electron chi connectivity index (χ4n) is 8.76. The summed E-state index contributed by atoms with van der Waals surface area (Å²) >= 11 is 0. The third-order valence-electron chi connectivity index (χ3n) is 11.5. The van der Waals surface area contributed by atoms with E-state index in [1.54, 1.807) is 92.6 Å². The van der Waals surface area contributed by atoms with Gasteiger partial charge >= 0.3 is 18.0 Å². The summed E-state index contributed by atoms with van der Waals surface area (Å²) in [4.78, 5) is 54.7. The van der Waals surface area contributed by atoms with Crippen LogP contribution in [0.2, 0.25) is 0 Å². The van der Waals surface area contributed by atoms with Crippen molar-refractivity contribution in [2.45, 2.75) is 135 Å². The smallest absolute Gasteiger partial charge is 0.408 e. The molecule has 5 rings (SSSR count). The molecule has 1 aromatic carbocycles. The third-order valence-corrected chi connectivity index (χ3v) is 11.5. The Morgan fingerprint density at radius 3 is 2.25 bits per heavy atom. The SMILES string of the molecule is CC(C)=C[C@H](NC(=O)OC(C)(C)C)[C@@H](O)C(=O)OC1C[C@@]2(O)[C@@H](OC(=O)c3ccccc3)[C@H]3[C@](C)(CC(=O)C(=C1C)C2(C)C)[C@@H](O)C[C@H]1OC[C@]13O. The van der Waals surface area contributed by atoms with Gasteiger partial charge in [0.05, 0.1) is 30.4 Å². The molecule has 3 aliphatic carbocycles. The lowest BCUT2D eigenvalue weighted by Gasteiger charge is -2.66. The molecule has 4 aliphatic rings. The van der Waals surface area contributed by atoms with Gasteiger partial charge in [-0.3, -0.25) is 4.79 Å². The van der Waals surface area contributed by atoms with Gasteiger partial charge in [-0.05, 0) is 59.2 Å². The molecule has 1 unspecified atom stereocenters. The van der Waals surface area contributed by atoms with E-state index in [2.05, 4.69) is 5.32 Å². The lowest BCUT2D eigenvalue weighted by molar-refractivity contribution is -0.347. The molecule has 1 amide bonds. The third kappa shape index (κ3) is 6.82. The maximum absolute atomic E-state index is 14.5. The van der Waals surface area contributed by atoms with Gasteiger partial charge in [0.15, 0.2) is 11.9 Å². The Bertz CT molecular complexity index is 1660. The van der Waals surface area contributed by atoms with E-state index in [-0.39, 0.29) is 30.6 Å². The van der Waals surface area contributed by atoms with Crippen LogP contribution in [0.15, 0.2) is 53.1 Å². The molecule has 10 atom stereocenters. The van der Waals surface area contributed by atoms with Gasteiger partial charge < -0.3 is 44.7 Å². The Kier molecular flexibility index (Phi) is 10.4. The molecule has 1 aromatic rings. The average Bonchev–Trinajstić information content (AvgIpc) is 3.02. The van der Waals surface area contributed by atoms with Crippen molar-refractivity contribution in [3.8, 4) is 0 Å². The molecule has 2 bridgehead atoms. The normalized spacial score (nSPS) is 34.9. The number of Topliss-reactive ketones (excluding diaryl/α,β-unsaturated/α-hetero) is 1. The highest BCUT2D eigenvalue weighted by Crippen LogP contribution is 2.63. The summed E-state index contributed by atoms with van der Waals surface area (Å²) in [5.74, 6) is -3.61. The minimum atomic E-state index is -2.19. The number of rotatable bonds is 7. The number of aliphatic hydroxyl groups is 4. The lowest BCUT2D eigenvalue weighted by atomic mass is 9.45. The van der Waals surface area contributed by atoms with E-state index in [9.17, 15) is 39.6 Å². The monoisotopic (exact) mass is 727 g/mol. The van der Waals surface area contributed by atoms with Gasteiger partial charge in [0.2, 0.25) is 0 Å². The summed E-state index contributed by atoms with van der Waals surface area (Å²) in [6, 6.07) is 6.84. The molecular weight excluding hydrogens is 674 g/mol. The molecule has 1 heterocycles. The van der Waals surface area contributed by atoms with E-state index in [0.29, 0.717) is 11.1 Å². The first-order valence-corrected chi connectivity index (χ1v) is 17.7. The zero-order valence-corrected chi connectivity index (χ0v) is 31.4. The van der Waals surface area contributed by atoms with Gasteiger partial charge in [0.25, 0.3) is 0 Å². The van der Waals surface area contributed by atoms with Crippen molar-refractivity contribution in [1.29, 1.82) is 0 Å². The fourth-order valence-corrected chi connectivity index (χ4v) is 8.76. The van der Waals surface area contributed by atoms with Crippen LogP contribution in [-0.2, 0) is 28.5 Å². The number of fused-ring (bicyclic) bond motifs is 5. The Morgan fingerprint density at radius 2 is 1.69 bits per heavy atom. The molecule has 1 saturated heterocycles. The number of esters is 2. The number of carbonyl (C=O) groups excluding carboxylic acids is 4. The number of hydrogen-bond donors (Lipinski definition) is 5. The van der Waals surface area contributed by atoms with Crippen LogP contribution in [0.1, 0.15) is 91.9 Å². The second kappa shape index (κ2) is 13.7. The second-order valence-corrected chi connectivity index (χ2v) is 16.9. The number of allylic oxidation sites excluding steroid dienone is 1. The van der Waals surface area contributed by atoms with Crippen molar-refractivity contribution < 1.29 is 58.6 Å². The largest absolute Gasteiger partial charge is 0.456 e. The van der Waals surface area contributed by atoms with Crippen molar-refractivity contribution in [1.82, 2.24) is 5.32 Å². The number of aliphatic hydroxyl groups excluding tert-OH is 2. The summed E-state index contributed by atoms with van der Waals surface area (Å²) in [6.07, 6.45) is -6.90. The maximum atomic E-state index is 14.5. The van der Waals surface area contributed by atoms with E-state index in [1.165, 1.54) is 6.08 Å². The first-order valence-electron chi connectivity index (χ1n) is 17.7. The van der Waals surface area contributed by atoms with Crippen LogP contribution in [0.4, 0.5) is 4.79 Å². The Morgan fingerprint density at radius 1 is 1.06 bits per heavy atom. The molecule has 2 saturated carbocycles. The van der Waals surface area contributed by atoms with Crippen LogP contribution in [0.5, 0.6) is 0 Å². The predicted octanol–water partition coefficient (Wildman–Crippen LogP) is 3.31. The number of alkyl carbamates (subject to hydrolysis) is 1. The molecule has 5 N–H and O–H groups in total. The topological polar surface area (TPSA) is 198 Å². The number of nitrogens with one attached hydrogen (secondary N) is 1. The van der Waals surface area contributed by atoms with Crippen molar-refractivity contribution in [2.24, 2.45) is 16.7 Å². The van der Waals surface area contributed by atoms with Gasteiger partial charge in [0.1, 0.15) is 29.0 Å². The number of ketones is 1. The van der Waals surface area contributed by atoms with E-state index in [4.69, 9.17) is 18.9 Å². The van der Waals surface area contributed by atoms with Crippen molar-refractivity contribution >= 4 is 23.8 Å². The number of amides is 1. The summed E-state index contributed by atoms with van der Waals surface area (Å²) in [6.45, 7) is 14.8. The highest BCUT2D eigenvalue weighted by molar-refractivity contribution is 5.99. The van der Waals surface area contributed by atoms with Gasteiger partial charge in [-0.1, -0.05) is 50.6 Å². The summed E-state index contributed by atoms with van der Waals surface area (Å²) in [5, 5.41) is 50.7. The predicted molar refractivity (Wildman–Crippen MR) is 187 cm³/mol. The van der Waals surface area contributed by atoms with Crippen LogP contribution in [0.3, 0.4) is 0 Å². The summed E-state index contributed by atoms with van der Waals surface area (Å²) < 4.78 is 23.2. The highest BCUT2D eigenvalue weighted by Gasteiger charge is 2.74. The Hall–Kier alpha value is -3.62. The zero-order valence-electron chi connectivity index (χ0n) is 31.4. The average molecular weight is 728 g/mol. The molecule has 3 fully saturated rings. The first kappa shape index (κ1) is 39.6. The Balaban J connectivity index is 1.59. The summed E-state index contributed by atoms with van der Waals surface area (Å²) in [7, 11) is 0. The Labute approximate surface area is 304 Å². The van der Waals surface area contributed by atoms with E-state index < -0.39 is 100 Å². The van der Waals surface area contributed by atoms with Gasteiger partial charge in [0, 0.05) is 41.6 Å². The van der Waals surface area contributed by atoms with Gasteiger partial charge in [-0.2, -0.15) is 0 Å². The van der Waals surface area contributed by atoms with Crippen LogP contribution >= 0.6 is 0 Å². The van der Waals surface area contributed by atoms with Crippen LogP contribution in [0.25, 0.3) is 0 Å². The van der Waals surface area contributed by atoms with E-state index >= 15 is 0 Å². The standard InChI is InChI=1S/C39H53NO12/c1-20(2)15-23(40-34(46)52-35(4,5)6)29(43)33(45)50-25-18-39(48)31(51-32(44)22-13-11-10-12-14-22)30-37(9,26(42)16-27-38(30,47)19-49-27)17-24(41)28(21(25)3)36(39,7)8/h10-15,23,25-27,29-31,42-43,47-48H,16-19H2,1-9H3,(H,40,46)/t23-,25?,26-,27+,29+,30-,31-,37+,38-,39+/m0/s1. The van der Waals surface area contributed by atoms with Crippen LogP contribution < -0.4 is 5.32 Å². The molecule has 0 radical (unpaired) electrons. The van der Waals surface area contributed by atoms with Gasteiger partial charge in [-0.15, -0.1) is 0 Å². The van der Waals surface area contributed by atoms with Crippen LogP contribution in [-0.4, -0.2) is 104 Å². The molecule has 286 valence electrons. The summed E-state index contributed by atoms with van der Waals surface area (Å²) in [5.41, 5.74) is -6.29. The van der Waals surface area contributed by atoms with E-state index in [1.807, 2.05) is 0 Å². The molecule has 52 heavy (non-hydrogen) atoms. The number of benzene rings is 1. The molecular formula is C39H53NO12. The highest BCUT2D eigenvalue weighted by atomic mass is 16.6. The van der Waals surface area contributed by atoms with Crippen molar-refractivity contribution in [3.05, 3.63) is 58.7 Å². The first-order chi connectivity index (χ1) is 24.0. The zero-order chi connectivity index (χ0) is 38.8. The minimum Gasteiger partial charge on any atom is -0.456 e. The second-order valence-electron chi connectivity index (χ2n) is 16.9. The molecule has 13 heteroatoms. The van der Waals surface area contributed by atoms with Gasteiger partial charge in [-0.25, -0.2) is 14.4 Å². The molecule has 0 aromatic heterocycles. The van der Waals surface area contributed by atoms with Crippen molar-refractivity contribution in [2.75, 3.05) is 6.61 Å². The molecule has 13 nitrogen and oxygen atoms in total. The fraction of sp³-hybridized carbons (Fsp3) is 0.641. The van der Waals surface area contributed by atoms with Crippen LogP contribution in [0, 0.1) is 16.7 Å². The number of ether oxygens (including phenoxy) is 4. The number of hydrogen-bond acceptors (Lipinski definition) is 12. The molecule has 1 aliphatic heterocycles. The molecule has 0 spiro atoms. The lowest BCUT2D eigenvalue weighted by Crippen LogP contribution is -2.79. The quantitative estimate of drug-likeness (QED) is 0.156. The van der Waals surface area contributed by atoms with E-state index in [0.717, 1.165) is 0 Å². The number of carbonyl (C=O) groups is 4.